The van der Waals surface area contributed by atoms with Crippen LogP contribution in [0.1, 0.15) is 11.1 Å². The summed E-state index contributed by atoms with van der Waals surface area (Å²) in [5.41, 5.74) is 1.52. The Balaban J connectivity index is 1.37. The van der Waals surface area contributed by atoms with Crippen LogP contribution < -0.4 is 9.80 Å². The third-order valence-corrected chi connectivity index (χ3v) is 7.65. The van der Waals surface area contributed by atoms with Crippen molar-refractivity contribution >= 4 is 32.7 Å². The predicted octanol–water partition coefficient (Wildman–Crippen LogP) is 3.72. The van der Waals surface area contributed by atoms with Crippen molar-refractivity contribution in [3.8, 4) is 0 Å². The Bertz CT molecular complexity index is 1460. The average molecular weight is 503 g/mol. The van der Waals surface area contributed by atoms with E-state index < -0.39 is 21.8 Å². The van der Waals surface area contributed by atoms with Gasteiger partial charge in [0, 0.05) is 31.9 Å². The molecule has 0 saturated carbocycles. The lowest BCUT2D eigenvalue weighted by Gasteiger charge is -2.36. The fourth-order valence-corrected chi connectivity index (χ4v) is 5.31. The van der Waals surface area contributed by atoms with Crippen molar-refractivity contribution in [1.29, 1.82) is 0 Å². The highest BCUT2D eigenvalue weighted by Crippen LogP contribution is 2.31. The number of nitrogens with zero attached hydrogens (tertiary/aromatic N) is 6. The number of aromatic nitrogens is 4. The van der Waals surface area contributed by atoms with Gasteiger partial charge >= 0.3 is 6.18 Å². The molecule has 2 aromatic carbocycles. The smallest absolute Gasteiger partial charge is 0.368 e. The van der Waals surface area contributed by atoms with Crippen LogP contribution in [0.3, 0.4) is 0 Å². The molecule has 0 atom stereocenters. The van der Waals surface area contributed by atoms with Crippen molar-refractivity contribution in [2.75, 3.05) is 36.0 Å². The van der Waals surface area contributed by atoms with Crippen LogP contribution in [0.15, 0.2) is 66.1 Å². The zero-order chi connectivity index (χ0) is 24.8. The largest absolute Gasteiger partial charge is 0.416 e. The lowest BCUT2D eigenvalue weighted by atomic mass is 10.1. The van der Waals surface area contributed by atoms with Crippen LogP contribution in [-0.2, 0) is 16.2 Å². The van der Waals surface area contributed by atoms with E-state index in [-0.39, 0.29) is 10.5 Å². The molecule has 0 unspecified atom stereocenters. The quantitative estimate of drug-likeness (QED) is 0.421. The zero-order valence-corrected chi connectivity index (χ0v) is 19.5. The Hall–Kier alpha value is -3.67. The molecule has 35 heavy (non-hydrogen) atoms. The van der Waals surface area contributed by atoms with Crippen molar-refractivity contribution < 1.29 is 21.6 Å². The van der Waals surface area contributed by atoms with E-state index in [1.807, 2.05) is 16.7 Å². The summed E-state index contributed by atoms with van der Waals surface area (Å²) in [6.07, 6.45) is -1.83. The second-order valence-electron chi connectivity index (χ2n) is 8.25. The summed E-state index contributed by atoms with van der Waals surface area (Å²) >= 11 is 0. The number of alkyl halides is 3. The van der Waals surface area contributed by atoms with Gasteiger partial charge in [0.2, 0.25) is 0 Å². The van der Waals surface area contributed by atoms with Crippen LogP contribution in [0.5, 0.6) is 0 Å². The van der Waals surface area contributed by atoms with E-state index in [1.54, 1.807) is 24.3 Å². The van der Waals surface area contributed by atoms with E-state index in [2.05, 4.69) is 15.0 Å². The Morgan fingerprint density at radius 2 is 1.46 bits per heavy atom. The van der Waals surface area contributed by atoms with Crippen molar-refractivity contribution in [2.45, 2.75) is 18.0 Å². The molecule has 2 aromatic heterocycles. The number of halogens is 3. The van der Waals surface area contributed by atoms with Crippen LogP contribution >= 0.6 is 0 Å². The summed E-state index contributed by atoms with van der Waals surface area (Å²) < 4.78 is 65.9. The molecule has 4 aromatic rings. The molecule has 1 fully saturated rings. The zero-order valence-electron chi connectivity index (χ0n) is 18.6. The number of imidazole rings is 1. The fraction of sp³-hybridized carbons (Fsp3) is 0.261. The van der Waals surface area contributed by atoms with Crippen LogP contribution in [0, 0.1) is 6.92 Å². The lowest BCUT2D eigenvalue weighted by molar-refractivity contribution is -0.137. The molecule has 0 bridgehead atoms. The molecule has 12 heteroatoms. The van der Waals surface area contributed by atoms with Gasteiger partial charge < -0.3 is 9.80 Å². The van der Waals surface area contributed by atoms with Crippen molar-refractivity contribution in [3.63, 3.8) is 0 Å². The molecule has 0 amide bonds. The topological polar surface area (TPSA) is 84.2 Å². The van der Waals surface area contributed by atoms with Crippen LogP contribution in [0.2, 0.25) is 0 Å². The normalized spacial score (nSPS) is 15.1. The van der Waals surface area contributed by atoms with Gasteiger partial charge in [-0.3, -0.25) is 0 Å². The van der Waals surface area contributed by atoms with Gasteiger partial charge in [-0.25, -0.2) is 27.3 Å². The minimum absolute atomic E-state index is 0.132. The third kappa shape index (κ3) is 4.29. The standard InChI is InChI=1S/C23H21F3N6O2S/c1-16-2-8-19(9-3-16)35(33,34)32-15-29-20-21(27-14-28-22(20)32)31-12-10-30(11-13-31)18-6-4-17(5-7-18)23(24,25)26/h2-9,14-15H,10-13H2,1H3. The molecule has 0 aliphatic carbocycles. The molecule has 3 heterocycles. The highest BCUT2D eigenvalue weighted by atomic mass is 32.2. The summed E-state index contributed by atoms with van der Waals surface area (Å²) in [7, 11) is -3.89. The predicted molar refractivity (Wildman–Crippen MR) is 125 cm³/mol. The molecule has 1 aliphatic rings. The van der Waals surface area contributed by atoms with Gasteiger partial charge in [0.15, 0.2) is 17.0 Å². The van der Waals surface area contributed by atoms with Crippen molar-refractivity contribution in [3.05, 3.63) is 72.3 Å². The minimum atomic E-state index is -4.37. The summed E-state index contributed by atoms with van der Waals surface area (Å²) in [4.78, 5) is 16.9. The number of anilines is 2. The van der Waals surface area contributed by atoms with E-state index >= 15 is 0 Å². The monoisotopic (exact) mass is 502 g/mol. The van der Waals surface area contributed by atoms with Gasteiger partial charge in [-0.1, -0.05) is 17.7 Å². The number of hydrogen-bond donors (Lipinski definition) is 0. The first-order chi connectivity index (χ1) is 16.6. The van der Waals surface area contributed by atoms with E-state index in [1.165, 1.54) is 24.8 Å². The van der Waals surface area contributed by atoms with Gasteiger partial charge in [0.25, 0.3) is 10.0 Å². The molecule has 8 nitrogen and oxygen atoms in total. The first-order valence-electron chi connectivity index (χ1n) is 10.8. The number of rotatable bonds is 4. The van der Waals surface area contributed by atoms with E-state index in [0.717, 1.165) is 21.7 Å². The minimum Gasteiger partial charge on any atom is -0.368 e. The first kappa shape index (κ1) is 23.1. The Kier molecular flexibility index (Phi) is 5.62. The van der Waals surface area contributed by atoms with E-state index in [4.69, 9.17) is 0 Å². The lowest BCUT2D eigenvalue weighted by Crippen LogP contribution is -2.47. The second-order valence-corrected chi connectivity index (χ2v) is 10.1. The first-order valence-corrected chi connectivity index (χ1v) is 12.3. The Morgan fingerprint density at radius 1 is 0.829 bits per heavy atom. The van der Waals surface area contributed by atoms with E-state index in [9.17, 15) is 21.6 Å². The fourth-order valence-electron chi connectivity index (χ4n) is 4.07. The van der Waals surface area contributed by atoms with Crippen LogP contribution in [0.25, 0.3) is 11.2 Å². The van der Waals surface area contributed by atoms with Crippen LogP contribution in [0.4, 0.5) is 24.7 Å². The number of hydrogen-bond acceptors (Lipinski definition) is 7. The van der Waals surface area contributed by atoms with Crippen molar-refractivity contribution in [1.82, 2.24) is 18.9 Å². The molecule has 182 valence electrons. The molecular weight excluding hydrogens is 481 g/mol. The maximum absolute atomic E-state index is 13.2. The van der Waals surface area contributed by atoms with Crippen molar-refractivity contribution in [2.24, 2.45) is 0 Å². The van der Waals surface area contributed by atoms with Gasteiger partial charge in [0.1, 0.15) is 12.7 Å². The van der Waals surface area contributed by atoms with Gasteiger partial charge in [-0.05, 0) is 43.3 Å². The Labute approximate surface area is 199 Å². The molecule has 0 N–H and O–H groups in total. The Morgan fingerprint density at radius 3 is 2.09 bits per heavy atom. The molecule has 0 spiro atoms. The summed E-state index contributed by atoms with van der Waals surface area (Å²) in [6, 6.07) is 11.6. The van der Waals surface area contributed by atoms with E-state index in [0.29, 0.717) is 43.2 Å². The maximum Gasteiger partial charge on any atom is 0.416 e. The summed E-state index contributed by atoms with van der Waals surface area (Å²) in [5, 5.41) is 0. The number of fused-ring (bicyclic) bond motifs is 1. The maximum atomic E-state index is 13.2. The molecule has 5 rings (SSSR count). The second kappa shape index (κ2) is 8.52. The highest BCUT2D eigenvalue weighted by molar-refractivity contribution is 7.90. The molecule has 1 saturated heterocycles. The average Bonchev–Trinajstić information content (AvgIpc) is 3.29. The molecule has 0 radical (unpaired) electrons. The SMILES string of the molecule is Cc1ccc(S(=O)(=O)n2cnc3c(N4CCN(c5ccc(C(F)(F)F)cc5)CC4)ncnc32)cc1. The van der Waals surface area contributed by atoms with Gasteiger partial charge in [-0.15, -0.1) is 0 Å². The summed E-state index contributed by atoms with van der Waals surface area (Å²) in [6.45, 7) is 4.05. The highest BCUT2D eigenvalue weighted by Gasteiger charge is 2.30. The number of aryl methyl sites for hydroxylation is 1. The van der Waals surface area contributed by atoms with Crippen LogP contribution in [-0.4, -0.2) is 53.5 Å². The third-order valence-electron chi connectivity index (χ3n) is 6.00. The summed E-state index contributed by atoms with van der Waals surface area (Å²) in [5.74, 6) is 0.514. The van der Waals surface area contributed by atoms with Gasteiger partial charge in [-0.2, -0.15) is 13.2 Å². The van der Waals surface area contributed by atoms with Gasteiger partial charge in [0.05, 0.1) is 10.5 Å². The number of piperazine rings is 1. The number of benzene rings is 2. The molecular formula is C23H21F3N6O2S. The molecule has 1 aliphatic heterocycles.